The number of amides is 3. The molecule has 0 saturated carbocycles. The van der Waals surface area contributed by atoms with Crippen LogP contribution in [0.3, 0.4) is 0 Å². The molecule has 0 fully saturated rings. The van der Waals surface area contributed by atoms with Gasteiger partial charge in [-0.1, -0.05) is 43.7 Å². The largest absolute Gasteiger partial charge is 0.444 e. The zero-order chi connectivity index (χ0) is 22.9. The maximum absolute atomic E-state index is 13.3. The predicted octanol–water partition coefficient (Wildman–Crippen LogP) is 3.79. The van der Waals surface area contributed by atoms with Gasteiger partial charge in [0.25, 0.3) is 0 Å². The van der Waals surface area contributed by atoms with Gasteiger partial charge in [0.15, 0.2) is 0 Å². The number of rotatable bonds is 9. The van der Waals surface area contributed by atoms with Crippen molar-refractivity contribution in [2.75, 3.05) is 6.54 Å². The van der Waals surface area contributed by atoms with Crippen molar-refractivity contribution in [3.8, 4) is 0 Å². The normalized spacial score (nSPS) is 13.3. The molecule has 0 aliphatic carbocycles. The molecule has 30 heavy (non-hydrogen) atoms. The fraction of sp³-hybridized carbons (Fsp3) is 0.609. The molecule has 0 radical (unpaired) electrons. The van der Waals surface area contributed by atoms with Crippen LogP contribution in [0.4, 0.5) is 4.79 Å². The van der Waals surface area contributed by atoms with E-state index in [2.05, 4.69) is 10.6 Å². The van der Waals surface area contributed by atoms with Crippen LogP contribution in [0.5, 0.6) is 0 Å². The van der Waals surface area contributed by atoms with Gasteiger partial charge in [-0.3, -0.25) is 9.59 Å². The minimum absolute atomic E-state index is 0.0656. The molecular weight excluding hydrogens is 382 g/mol. The molecule has 0 aromatic heterocycles. The molecule has 0 heterocycles. The Balaban J connectivity index is 3.18. The van der Waals surface area contributed by atoms with Crippen molar-refractivity contribution in [2.45, 2.75) is 85.0 Å². The topological polar surface area (TPSA) is 87.7 Å². The third-order valence-corrected chi connectivity index (χ3v) is 4.25. The molecule has 7 nitrogen and oxygen atoms in total. The van der Waals surface area contributed by atoms with E-state index in [1.165, 1.54) is 0 Å². The van der Waals surface area contributed by atoms with Crippen LogP contribution in [-0.4, -0.2) is 47.0 Å². The van der Waals surface area contributed by atoms with E-state index in [0.29, 0.717) is 6.54 Å². The first kappa shape index (κ1) is 25.5. The van der Waals surface area contributed by atoms with Gasteiger partial charge in [0, 0.05) is 12.6 Å². The fourth-order valence-corrected chi connectivity index (χ4v) is 2.96. The van der Waals surface area contributed by atoms with Crippen molar-refractivity contribution in [3.05, 3.63) is 35.9 Å². The highest BCUT2D eigenvalue weighted by Gasteiger charge is 2.34. The molecule has 0 saturated heterocycles. The highest BCUT2D eigenvalue weighted by molar-refractivity contribution is 5.92. The second-order valence-electron chi connectivity index (χ2n) is 8.73. The molecule has 0 spiro atoms. The number of ether oxygens (including phenoxy) is 1. The summed E-state index contributed by atoms with van der Waals surface area (Å²) in [5.41, 5.74) is 0.0583. The second-order valence-corrected chi connectivity index (χ2v) is 8.73. The summed E-state index contributed by atoms with van der Waals surface area (Å²) in [6.07, 6.45) is 0.940. The van der Waals surface area contributed by atoms with Gasteiger partial charge >= 0.3 is 6.09 Å². The lowest BCUT2D eigenvalue weighted by Crippen LogP contribution is -2.52. The zero-order valence-corrected chi connectivity index (χ0v) is 19.3. The van der Waals surface area contributed by atoms with Crippen molar-refractivity contribution in [2.24, 2.45) is 0 Å². The minimum Gasteiger partial charge on any atom is -0.444 e. The van der Waals surface area contributed by atoms with E-state index in [9.17, 15) is 14.4 Å². The quantitative estimate of drug-likeness (QED) is 0.637. The minimum atomic E-state index is -0.838. The first-order valence-electron chi connectivity index (χ1n) is 10.6. The summed E-state index contributed by atoms with van der Waals surface area (Å²) in [6, 6.07) is 7.54. The molecule has 0 bridgehead atoms. The second kappa shape index (κ2) is 11.6. The summed E-state index contributed by atoms with van der Waals surface area (Å²) in [4.78, 5) is 40.1. The summed E-state index contributed by atoms with van der Waals surface area (Å²) < 4.78 is 5.26. The van der Waals surface area contributed by atoms with E-state index >= 15 is 0 Å². The predicted molar refractivity (Wildman–Crippen MR) is 118 cm³/mol. The maximum Gasteiger partial charge on any atom is 0.408 e. The Kier molecular flexibility index (Phi) is 9.82. The third-order valence-electron chi connectivity index (χ3n) is 4.25. The van der Waals surface area contributed by atoms with Crippen LogP contribution in [0.15, 0.2) is 30.3 Å². The molecule has 2 unspecified atom stereocenters. The summed E-state index contributed by atoms with van der Waals surface area (Å²) in [5, 5.41) is 5.51. The lowest BCUT2D eigenvalue weighted by atomic mass is 10.0. The van der Waals surface area contributed by atoms with Crippen LogP contribution >= 0.6 is 0 Å². The van der Waals surface area contributed by atoms with Gasteiger partial charge in [-0.15, -0.1) is 0 Å². The van der Waals surface area contributed by atoms with Crippen LogP contribution in [-0.2, 0) is 14.3 Å². The highest BCUT2D eigenvalue weighted by atomic mass is 16.6. The first-order chi connectivity index (χ1) is 14.0. The van der Waals surface area contributed by atoms with Gasteiger partial charge in [0.1, 0.15) is 17.7 Å². The van der Waals surface area contributed by atoms with Crippen molar-refractivity contribution in [3.63, 3.8) is 0 Å². The Morgan fingerprint density at radius 1 is 1.03 bits per heavy atom. The highest BCUT2D eigenvalue weighted by Crippen LogP contribution is 2.23. The summed E-state index contributed by atoms with van der Waals surface area (Å²) in [5.74, 6) is -0.577. The van der Waals surface area contributed by atoms with Gasteiger partial charge in [0.05, 0.1) is 0 Å². The number of benzene rings is 1. The standard InChI is InChI=1S/C23H37N3O4/c1-8-9-15-26(21(28)17(4)25-22(29)30-23(5,6)7)19(20(27)24-16(2)3)18-13-11-10-12-14-18/h10-14,16-17,19H,8-9,15H2,1-7H3,(H,24,27)(H,25,29). The Labute approximate surface area is 180 Å². The van der Waals surface area contributed by atoms with E-state index < -0.39 is 23.8 Å². The van der Waals surface area contributed by atoms with Crippen LogP contribution in [0, 0.1) is 0 Å². The summed E-state index contributed by atoms with van der Waals surface area (Å²) >= 11 is 0. The number of alkyl carbamates (subject to hydrolysis) is 1. The number of nitrogens with zero attached hydrogens (tertiary/aromatic N) is 1. The number of hydrogen-bond acceptors (Lipinski definition) is 4. The molecule has 2 atom stereocenters. The average molecular weight is 420 g/mol. The first-order valence-corrected chi connectivity index (χ1v) is 10.6. The molecule has 2 N–H and O–H groups in total. The van der Waals surface area contributed by atoms with Crippen molar-refractivity contribution in [1.82, 2.24) is 15.5 Å². The number of hydrogen-bond donors (Lipinski definition) is 2. The molecule has 1 aromatic rings. The smallest absolute Gasteiger partial charge is 0.408 e. The molecule has 168 valence electrons. The van der Waals surface area contributed by atoms with E-state index in [-0.39, 0.29) is 17.9 Å². The number of carbonyl (C=O) groups excluding carboxylic acids is 3. The van der Waals surface area contributed by atoms with Crippen molar-refractivity contribution >= 4 is 17.9 Å². The summed E-state index contributed by atoms with van der Waals surface area (Å²) in [7, 11) is 0. The lowest BCUT2D eigenvalue weighted by Gasteiger charge is -2.34. The van der Waals surface area contributed by atoms with Crippen LogP contribution in [0.25, 0.3) is 0 Å². The molecule has 0 aliphatic rings. The van der Waals surface area contributed by atoms with E-state index in [1.807, 2.05) is 51.1 Å². The Bertz CT molecular complexity index is 698. The van der Waals surface area contributed by atoms with Gasteiger partial charge in [-0.05, 0) is 53.5 Å². The lowest BCUT2D eigenvalue weighted by molar-refractivity contribution is -0.142. The van der Waals surface area contributed by atoms with Gasteiger partial charge in [-0.2, -0.15) is 0 Å². The van der Waals surface area contributed by atoms with Gasteiger partial charge in [-0.25, -0.2) is 4.79 Å². The van der Waals surface area contributed by atoms with Crippen molar-refractivity contribution < 1.29 is 19.1 Å². The van der Waals surface area contributed by atoms with Crippen LogP contribution in [0.1, 0.15) is 72.9 Å². The van der Waals surface area contributed by atoms with E-state index in [0.717, 1.165) is 18.4 Å². The van der Waals surface area contributed by atoms with E-state index in [4.69, 9.17) is 4.74 Å². The maximum atomic E-state index is 13.3. The molecule has 1 rings (SSSR count). The third kappa shape index (κ3) is 8.43. The Hall–Kier alpha value is -2.57. The molecule has 0 aliphatic heterocycles. The molecular formula is C23H37N3O4. The number of carbonyl (C=O) groups is 3. The number of unbranched alkanes of at least 4 members (excludes halogenated alkanes) is 1. The average Bonchev–Trinajstić information content (AvgIpc) is 2.62. The zero-order valence-electron chi connectivity index (χ0n) is 19.3. The molecule has 7 heteroatoms. The van der Waals surface area contributed by atoms with Gasteiger partial charge < -0.3 is 20.3 Å². The van der Waals surface area contributed by atoms with Gasteiger partial charge in [0.2, 0.25) is 11.8 Å². The van der Waals surface area contributed by atoms with Crippen LogP contribution < -0.4 is 10.6 Å². The summed E-state index contributed by atoms with van der Waals surface area (Å²) in [6.45, 7) is 13.1. The Morgan fingerprint density at radius 2 is 1.63 bits per heavy atom. The SMILES string of the molecule is CCCCN(C(=O)C(C)NC(=O)OC(C)(C)C)C(C(=O)NC(C)C)c1ccccc1. The van der Waals surface area contributed by atoms with Crippen molar-refractivity contribution in [1.29, 1.82) is 0 Å². The molecule has 1 aromatic carbocycles. The van der Waals surface area contributed by atoms with Crippen LogP contribution in [0.2, 0.25) is 0 Å². The monoisotopic (exact) mass is 419 g/mol. The number of nitrogens with one attached hydrogen (secondary N) is 2. The Morgan fingerprint density at radius 3 is 2.13 bits per heavy atom. The van der Waals surface area contributed by atoms with E-state index in [1.54, 1.807) is 32.6 Å². The molecule has 3 amide bonds. The fourth-order valence-electron chi connectivity index (χ4n) is 2.96.